The van der Waals surface area contributed by atoms with Crippen LogP contribution in [0.3, 0.4) is 0 Å². The van der Waals surface area contributed by atoms with Crippen molar-refractivity contribution in [1.29, 1.82) is 0 Å². The number of nitrogens with one attached hydrogen (secondary N) is 1. The predicted octanol–water partition coefficient (Wildman–Crippen LogP) is 2.20. The zero-order chi connectivity index (χ0) is 13.0. The van der Waals surface area contributed by atoms with E-state index in [9.17, 15) is 0 Å². The lowest BCUT2D eigenvalue weighted by Gasteiger charge is -2.08. The van der Waals surface area contributed by atoms with Gasteiger partial charge in [-0.1, -0.05) is 0 Å². The number of hydrogen-bond donors (Lipinski definition) is 1. The summed E-state index contributed by atoms with van der Waals surface area (Å²) in [5.41, 5.74) is 1.72. The van der Waals surface area contributed by atoms with Crippen LogP contribution in [0, 0.1) is 0 Å². The maximum Gasteiger partial charge on any atom is 0.159 e. The first-order valence-electron chi connectivity index (χ1n) is 5.50. The van der Waals surface area contributed by atoms with E-state index in [-0.39, 0.29) is 0 Å². The molecule has 1 heterocycles. The van der Waals surface area contributed by atoms with Gasteiger partial charge >= 0.3 is 0 Å². The molecular formula is C13H15N3O2. The molecule has 1 aromatic carbocycles. The van der Waals surface area contributed by atoms with Gasteiger partial charge in [0.05, 0.1) is 32.3 Å². The lowest BCUT2D eigenvalue weighted by Crippen LogP contribution is -1.95. The number of anilines is 1. The highest BCUT2D eigenvalue weighted by molar-refractivity contribution is 5.61. The van der Waals surface area contributed by atoms with Crippen LogP contribution in [-0.2, 0) is 0 Å². The molecule has 0 aliphatic carbocycles. The monoisotopic (exact) mass is 245 g/mol. The second-order valence-corrected chi connectivity index (χ2v) is 3.65. The molecule has 0 fully saturated rings. The number of hydrogen-bond acceptors (Lipinski definition) is 5. The fourth-order valence-electron chi connectivity index (χ4n) is 1.54. The van der Waals surface area contributed by atoms with Gasteiger partial charge in [0.1, 0.15) is 11.5 Å². The highest BCUT2D eigenvalue weighted by Gasteiger charge is 2.06. The van der Waals surface area contributed by atoms with Gasteiger partial charge in [-0.25, -0.2) is 9.97 Å². The third-order valence-corrected chi connectivity index (χ3v) is 2.55. The largest absolute Gasteiger partial charge is 0.497 e. The van der Waals surface area contributed by atoms with Crippen LogP contribution in [0.1, 0.15) is 0 Å². The van der Waals surface area contributed by atoms with Gasteiger partial charge in [-0.15, -0.1) is 0 Å². The zero-order valence-electron chi connectivity index (χ0n) is 10.6. The lowest BCUT2D eigenvalue weighted by molar-refractivity contribution is 0.394. The van der Waals surface area contributed by atoms with Crippen LogP contribution in [0.2, 0.25) is 0 Å². The van der Waals surface area contributed by atoms with Crippen molar-refractivity contribution in [2.24, 2.45) is 0 Å². The van der Waals surface area contributed by atoms with Crippen molar-refractivity contribution in [3.8, 4) is 22.9 Å². The Kier molecular flexibility index (Phi) is 3.62. The molecule has 0 radical (unpaired) electrons. The van der Waals surface area contributed by atoms with Crippen molar-refractivity contribution >= 4 is 5.69 Å². The van der Waals surface area contributed by atoms with E-state index in [1.54, 1.807) is 26.6 Å². The molecule has 1 aromatic heterocycles. The summed E-state index contributed by atoms with van der Waals surface area (Å²) >= 11 is 0. The smallest absolute Gasteiger partial charge is 0.159 e. The molecule has 1 N–H and O–H groups in total. The van der Waals surface area contributed by atoms with Crippen molar-refractivity contribution in [2.45, 2.75) is 0 Å². The van der Waals surface area contributed by atoms with E-state index in [4.69, 9.17) is 9.47 Å². The fourth-order valence-corrected chi connectivity index (χ4v) is 1.54. The van der Waals surface area contributed by atoms with Gasteiger partial charge in [0.2, 0.25) is 0 Å². The first-order valence-corrected chi connectivity index (χ1v) is 5.50. The minimum Gasteiger partial charge on any atom is -0.497 e. The summed E-state index contributed by atoms with van der Waals surface area (Å²) in [6.07, 6.45) is 3.46. The summed E-state index contributed by atoms with van der Waals surface area (Å²) < 4.78 is 10.4. The van der Waals surface area contributed by atoms with E-state index in [1.807, 2.05) is 25.2 Å². The second kappa shape index (κ2) is 5.35. The van der Waals surface area contributed by atoms with Gasteiger partial charge in [-0.3, -0.25) is 0 Å². The highest BCUT2D eigenvalue weighted by Crippen LogP contribution is 2.27. The topological polar surface area (TPSA) is 56.3 Å². The first kappa shape index (κ1) is 12.2. The maximum atomic E-state index is 5.22. The molecule has 0 aliphatic heterocycles. The van der Waals surface area contributed by atoms with E-state index in [0.717, 1.165) is 11.3 Å². The van der Waals surface area contributed by atoms with Crippen LogP contribution in [0.15, 0.2) is 30.6 Å². The minimum atomic E-state index is 0.631. The molecule has 2 rings (SSSR count). The third-order valence-electron chi connectivity index (χ3n) is 2.55. The number of aromatic nitrogens is 2. The molecule has 0 bridgehead atoms. The number of rotatable bonds is 4. The van der Waals surface area contributed by atoms with E-state index in [0.29, 0.717) is 17.3 Å². The van der Waals surface area contributed by atoms with Gasteiger partial charge in [0.25, 0.3) is 0 Å². The zero-order valence-corrected chi connectivity index (χ0v) is 10.6. The van der Waals surface area contributed by atoms with E-state index >= 15 is 0 Å². The van der Waals surface area contributed by atoms with Gasteiger partial charge in [-0.05, 0) is 12.1 Å². The number of methoxy groups -OCH3 is 2. The van der Waals surface area contributed by atoms with Crippen molar-refractivity contribution < 1.29 is 9.47 Å². The number of benzene rings is 1. The van der Waals surface area contributed by atoms with Crippen LogP contribution in [-0.4, -0.2) is 31.2 Å². The molecule has 0 unspecified atom stereocenters. The van der Waals surface area contributed by atoms with Gasteiger partial charge < -0.3 is 14.8 Å². The molecular weight excluding hydrogens is 230 g/mol. The Bertz CT molecular complexity index is 504. The number of nitrogens with zero attached hydrogens (tertiary/aromatic N) is 2. The highest BCUT2D eigenvalue weighted by atomic mass is 16.5. The van der Waals surface area contributed by atoms with Crippen LogP contribution >= 0.6 is 0 Å². The Balaban J connectivity index is 2.41. The second-order valence-electron chi connectivity index (χ2n) is 3.65. The maximum absolute atomic E-state index is 5.22. The molecule has 2 aromatic rings. The molecule has 0 saturated carbocycles. The summed E-state index contributed by atoms with van der Waals surface area (Å²) in [4.78, 5) is 8.57. The van der Waals surface area contributed by atoms with Crippen molar-refractivity contribution in [3.05, 3.63) is 30.6 Å². The quantitative estimate of drug-likeness (QED) is 0.895. The minimum absolute atomic E-state index is 0.631. The first-order chi connectivity index (χ1) is 8.76. The molecule has 0 atom stereocenters. The summed E-state index contributed by atoms with van der Waals surface area (Å²) in [6, 6.07) is 5.55. The average molecular weight is 245 g/mol. The van der Waals surface area contributed by atoms with Crippen LogP contribution in [0.25, 0.3) is 11.4 Å². The normalized spacial score (nSPS) is 9.94. The molecule has 18 heavy (non-hydrogen) atoms. The number of ether oxygens (including phenoxy) is 2. The summed E-state index contributed by atoms with van der Waals surface area (Å²) in [5.74, 6) is 2.06. The Hall–Kier alpha value is -2.30. The average Bonchev–Trinajstić information content (AvgIpc) is 2.46. The van der Waals surface area contributed by atoms with E-state index in [1.165, 1.54) is 0 Å². The standard InChI is InChI=1S/C13H15N3O2/c1-14-10-7-15-13(16-8-10)9-4-11(17-2)6-12(5-9)18-3/h4-8,14H,1-3H3. The summed E-state index contributed by atoms with van der Waals surface area (Å²) in [5, 5.41) is 2.98. The molecule has 0 spiro atoms. The van der Waals surface area contributed by atoms with Crippen molar-refractivity contribution in [1.82, 2.24) is 9.97 Å². The van der Waals surface area contributed by atoms with Crippen molar-refractivity contribution in [3.63, 3.8) is 0 Å². The SMILES string of the molecule is CNc1cnc(-c2cc(OC)cc(OC)c2)nc1. The van der Waals surface area contributed by atoms with E-state index in [2.05, 4.69) is 15.3 Å². The third kappa shape index (κ3) is 2.51. The van der Waals surface area contributed by atoms with Crippen LogP contribution < -0.4 is 14.8 Å². The molecule has 5 nitrogen and oxygen atoms in total. The van der Waals surface area contributed by atoms with Crippen LogP contribution in [0.5, 0.6) is 11.5 Å². The molecule has 94 valence electrons. The van der Waals surface area contributed by atoms with Crippen molar-refractivity contribution in [2.75, 3.05) is 26.6 Å². The fraction of sp³-hybridized carbons (Fsp3) is 0.231. The molecule has 0 saturated heterocycles. The predicted molar refractivity (Wildman–Crippen MR) is 70.1 cm³/mol. The summed E-state index contributed by atoms with van der Waals surface area (Å²) in [7, 11) is 5.06. The van der Waals surface area contributed by atoms with Crippen LogP contribution in [0.4, 0.5) is 5.69 Å². The Morgan fingerprint density at radius 2 is 1.50 bits per heavy atom. The van der Waals surface area contributed by atoms with Gasteiger partial charge in [0.15, 0.2) is 5.82 Å². The molecule has 0 amide bonds. The Morgan fingerprint density at radius 1 is 0.944 bits per heavy atom. The van der Waals surface area contributed by atoms with Gasteiger partial charge in [0, 0.05) is 18.7 Å². The van der Waals surface area contributed by atoms with E-state index < -0.39 is 0 Å². The Labute approximate surface area is 106 Å². The molecule has 0 aliphatic rings. The molecule has 5 heteroatoms. The lowest BCUT2D eigenvalue weighted by atomic mass is 10.2. The van der Waals surface area contributed by atoms with Gasteiger partial charge in [-0.2, -0.15) is 0 Å². The Morgan fingerprint density at radius 3 is 1.94 bits per heavy atom. The summed E-state index contributed by atoms with van der Waals surface area (Å²) in [6.45, 7) is 0.